The van der Waals surface area contributed by atoms with Gasteiger partial charge in [0.15, 0.2) is 0 Å². The van der Waals surface area contributed by atoms with Gasteiger partial charge in [-0.2, -0.15) is 0 Å². The van der Waals surface area contributed by atoms with E-state index in [1.54, 1.807) is 0 Å². The number of rotatable bonds is 12. The summed E-state index contributed by atoms with van der Waals surface area (Å²) in [6.07, 6.45) is 0.966. The molecule has 8 heteroatoms. The van der Waals surface area contributed by atoms with Crippen molar-refractivity contribution in [2.45, 2.75) is 6.42 Å². The minimum absolute atomic E-state index is 0.894. The van der Waals surface area contributed by atoms with Gasteiger partial charge in [-0.25, -0.2) is 0 Å². The molecule has 0 atom stereocenters. The summed E-state index contributed by atoms with van der Waals surface area (Å²) < 4.78 is 16.9. The topological polar surface area (TPSA) is 22.9 Å². The van der Waals surface area contributed by atoms with Crippen molar-refractivity contribution >= 4 is 285 Å². The van der Waals surface area contributed by atoms with Gasteiger partial charge in [0, 0.05) is 132 Å². The molecule has 696 valence electrons. The Bertz CT molecular complexity index is 10600. The van der Waals surface area contributed by atoms with Crippen LogP contribution in [-0.2, 0) is 6.42 Å². The lowest BCUT2D eigenvalue weighted by Crippen LogP contribution is -2.11. The second-order valence-corrected chi connectivity index (χ2v) is 43.4. The summed E-state index contributed by atoms with van der Waals surface area (Å²) in [6.45, 7) is 0. The molecule has 0 saturated heterocycles. The molecule has 0 saturated carbocycles. The van der Waals surface area contributed by atoms with E-state index in [1.807, 2.05) is 45.3 Å². The van der Waals surface area contributed by atoms with Crippen molar-refractivity contribution in [2.75, 3.05) is 14.7 Å². The van der Waals surface area contributed by atoms with Crippen molar-refractivity contribution in [3.63, 3.8) is 0 Å². The van der Waals surface area contributed by atoms with Crippen LogP contribution in [0.1, 0.15) is 11.1 Å². The normalized spacial score (nSPS) is 12.0. The van der Waals surface area contributed by atoms with Crippen LogP contribution in [-0.4, -0.2) is 0 Å². The summed E-state index contributed by atoms with van der Waals surface area (Å²) in [5.41, 5.74) is 24.9. The van der Waals surface area contributed by atoms with E-state index in [4.69, 9.17) is 4.42 Å². The number of benzene rings is 26. The van der Waals surface area contributed by atoms with Crippen LogP contribution in [0, 0.1) is 0 Å². The summed E-state index contributed by atoms with van der Waals surface area (Å²) in [6, 6.07) is 189. The molecule has 31 aromatic rings. The summed E-state index contributed by atoms with van der Waals surface area (Å²) in [7, 11) is 0. The summed E-state index contributed by atoms with van der Waals surface area (Å²) >= 11 is 7.53. The van der Waals surface area contributed by atoms with Crippen molar-refractivity contribution in [3.05, 3.63) is 527 Å². The van der Waals surface area contributed by atoms with Crippen molar-refractivity contribution in [2.24, 2.45) is 0 Å². The minimum Gasteiger partial charge on any atom is -0.456 e. The Kier molecular flexibility index (Phi) is 20.5. The lowest BCUT2D eigenvalue weighted by Gasteiger charge is -2.28. The van der Waals surface area contributed by atoms with E-state index in [2.05, 4.69) is 530 Å². The third-order valence-corrected chi connectivity index (χ3v) is 35.3. The molecule has 32 rings (SSSR count). The first-order chi connectivity index (χ1) is 73.8. The first-order valence-electron chi connectivity index (χ1n) is 50.9. The fraction of sp³-hybridized carbons (Fsp3) is 0.00709. The van der Waals surface area contributed by atoms with E-state index in [-0.39, 0.29) is 0 Å². The predicted octanol–water partition coefficient (Wildman–Crippen LogP) is 42.6. The maximum atomic E-state index is 6.39. The molecule has 0 N–H and O–H groups in total. The van der Waals surface area contributed by atoms with Gasteiger partial charge in [0.25, 0.3) is 0 Å². The monoisotopic (exact) mass is 1970 g/mol. The third kappa shape index (κ3) is 14.6. The first-order valence-corrected chi connectivity index (χ1v) is 54.2. The Morgan fingerprint density at radius 1 is 0.168 bits per heavy atom. The molecule has 4 nitrogen and oxygen atoms in total. The van der Waals surface area contributed by atoms with Gasteiger partial charge in [-0.05, 0) is 295 Å². The van der Waals surface area contributed by atoms with Crippen molar-refractivity contribution in [1.29, 1.82) is 0 Å². The van der Waals surface area contributed by atoms with E-state index >= 15 is 0 Å². The highest BCUT2D eigenvalue weighted by Crippen LogP contribution is 2.56. The van der Waals surface area contributed by atoms with Gasteiger partial charge in [0.05, 0.1) is 16.1 Å². The number of hydrogen-bond donors (Lipinski definition) is 0. The molecule has 5 heterocycles. The molecule has 0 fully saturated rings. The van der Waals surface area contributed by atoms with Gasteiger partial charge in [-0.1, -0.05) is 364 Å². The quantitative estimate of drug-likeness (QED) is 0.122. The molecular formula is C141H87N3OS4. The van der Waals surface area contributed by atoms with Gasteiger partial charge in [0.2, 0.25) is 0 Å². The molecule has 0 aliphatic heterocycles. The molecule has 5 aromatic heterocycles. The number of anilines is 9. The van der Waals surface area contributed by atoms with Crippen LogP contribution in [0.5, 0.6) is 0 Å². The number of thiophene rings is 4. The Morgan fingerprint density at radius 2 is 0.483 bits per heavy atom. The number of furan rings is 1. The van der Waals surface area contributed by atoms with Gasteiger partial charge in [0.1, 0.15) is 11.2 Å². The molecule has 0 amide bonds. The maximum absolute atomic E-state index is 6.39. The first kappa shape index (κ1) is 86.4. The Balaban J connectivity index is 0.000000103. The molecule has 26 aromatic carbocycles. The molecule has 0 bridgehead atoms. The van der Waals surface area contributed by atoms with Crippen molar-refractivity contribution in [3.8, 4) is 44.5 Å². The van der Waals surface area contributed by atoms with Crippen molar-refractivity contribution in [1.82, 2.24) is 0 Å². The van der Waals surface area contributed by atoms with E-state index in [0.29, 0.717) is 0 Å². The Morgan fingerprint density at radius 3 is 0.960 bits per heavy atom. The van der Waals surface area contributed by atoms with E-state index in [9.17, 15) is 0 Å². The average Bonchev–Trinajstić information content (AvgIpc) is 1.59. The Hall–Kier alpha value is -18.1. The SMILES string of the molecule is c1ccc(-c2ccc(-c3ccc(N(c4ccc5sc6ccc7ccccc7c6c5c4)c4ccc5sc6ccc7ccccc7c6c5c4)cc3)cc2)cc1.c1ccc(-c2ccc(N(c3ccc4oc5ccc6ccccc6c5c4c3)c3ccc4sc5ccc6ccccc6c5c4c3)cc2)cc1.c1ccc2c(N(c3ccc4c(c3)-c3c(ccc5ccccc35)C4)c3cc4ccccc4c4c3sc3ccc5ccccc5c34)cccc2c1. The zero-order chi connectivity index (χ0) is 97.8. The zero-order valence-electron chi connectivity index (χ0n) is 80.7. The van der Waals surface area contributed by atoms with Crippen LogP contribution in [0.2, 0.25) is 0 Å². The van der Waals surface area contributed by atoms with Crippen molar-refractivity contribution < 1.29 is 4.42 Å². The molecule has 149 heavy (non-hydrogen) atoms. The number of nitrogens with zero attached hydrogens (tertiary/aromatic N) is 3. The molecule has 1 aliphatic carbocycles. The third-order valence-electron chi connectivity index (χ3n) is 30.7. The van der Waals surface area contributed by atoms with Crippen LogP contribution < -0.4 is 14.7 Å². The van der Waals surface area contributed by atoms with Crippen LogP contribution in [0.3, 0.4) is 0 Å². The van der Waals surface area contributed by atoms with Gasteiger partial charge < -0.3 is 19.1 Å². The fourth-order valence-electron chi connectivity index (χ4n) is 23.7. The minimum atomic E-state index is 0.894. The summed E-state index contributed by atoms with van der Waals surface area (Å²) in [5, 5.41) is 33.2. The highest BCUT2D eigenvalue weighted by molar-refractivity contribution is 7.27. The van der Waals surface area contributed by atoms with E-state index < -0.39 is 0 Å². The smallest absolute Gasteiger partial charge is 0.136 e. The predicted molar refractivity (Wildman–Crippen MR) is 647 cm³/mol. The van der Waals surface area contributed by atoms with Crippen LogP contribution in [0.15, 0.2) is 520 Å². The molecular weight excluding hydrogens is 1880 g/mol. The summed E-state index contributed by atoms with van der Waals surface area (Å²) in [5.74, 6) is 0. The fourth-order valence-corrected chi connectivity index (χ4v) is 28.3. The molecule has 0 radical (unpaired) electrons. The number of fused-ring (bicyclic) bond motifs is 33. The number of hydrogen-bond acceptors (Lipinski definition) is 8. The highest BCUT2D eigenvalue weighted by atomic mass is 32.1. The Labute approximate surface area is 874 Å². The van der Waals surface area contributed by atoms with E-state index in [1.165, 1.54) is 240 Å². The standard InChI is InChI=1S/C50H31NS2.C47H29NS.C44H27NOS/c1-2-8-32(9-3-1)33-14-16-34(17-15-33)35-18-22-38(23-19-35)51(39-24-28-45-43(30-39)49-41-12-6-4-10-36(41)20-26-47(49)52-45)40-25-29-46-44(31-40)50-42-13-7-5-11-37(42)21-27-48(50)53-46;1-5-15-36-29(10-1)14-9-19-41(36)48(35-24-22-33-26-34-21-20-30-11-2-6-16-37(30)44(34)40(33)28-35)42-27-32-13-4-8-18-39(32)46-45-38-17-7-3-12-31(38)23-25-43(45)49-47(42)46;1-2-8-28(9-3-1)29-14-18-32(19-15-29)45(33-20-23-39-37(26-33)43-35-12-6-4-10-30(35)16-22-40(43)46-39)34-21-25-41-38(27-34)44-36-13-7-5-11-31(36)17-24-42(44)47-41/h1-31H;1-25,27-28H,26H2;1-27H. The lowest BCUT2D eigenvalue weighted by atomic mass is 9.96. The van der Waals surface area contributed by atoms with Gasteiger partial charge in [-0.3, -0.25) is 0 Å². The van der Waals surface area contributed by atoms with Crippen LogP contribution >= 0.6 is 45.3 Å². The zero-order valence-corrected chi connectivity index (χ0v) is 83.9. The molecule has 0 unspecified atom stereocenters. The lowest BCUT2D eigenvalue weighted by molar-refractivity contribution is 0.669. The maximum Gasteiger partial charge on any atom is 0.136 e. The van der Waals surface area contributed by atoms with Gasteiger partial charge in [-0.15, -0.1) is 45.3 Å². The van der Waals surface area contributed by atoms with Crippen LogP contribution in [0.4, 0.5) is 51.2 Å². The average molecular weight is 1970 g/mol. The molecule has 0 spiro atoms. The van der Waals surface area contributed by atoms with Gasteiger partial charge >= 0.3 is 0 Å². The van der Waals surface area contributed by atoms with Crippen LogP contribution in [0.25, 0.3) is 233 Å². The van der Waals surface area contributed by atoms with E-state index in [0.717, 1.165) is 62.5 Å². The molecule has 1 aliphatic rings. The largest absolute Gasteiger partial charge is 0.456 e. The summed E-state index contributed by atoms with van der Waals surface area (Å²) in [4.78, 5) is 7.36. The highest BCUT2D eigenvalue weighted by Gasteiger charge is 2.30. The second-order valence-electron chi connectivity index (χ2n) is 39.1. The second kappa shape index (κ2) is 35.4.